The largest absolute Gasteiger partial charge is 0.336 e. The van der Waals surface area contributed by atoms with Crippen LogP contribution in [0.1, 0.15) is 50.9 Å². The summed E-state index contributed by atoms with van der Waals surface area (Å²) in [4.78, 5) is 5.71. The van der Waals surface area contributed by atoms with Crippen molar-refractivity contribution in [2.45, 2.75) is 59.9 Å². The van der Waals surface area contributed by atoms with Gasteiger partial charge < -0.3 is 4.84 Å². The molecule has 0 atom stereocenters. The zero-order chi connectivity index (χ0) is 12.0. The third-order valence-corrected chi connectivity index (χ3v) is 3.01. The minimum Gasteiger partial charge on any atom is -0.336 e. The molecule has 0 fully saturated rings. The van der Waals surface area contributed by atoms with Crippen LogP contribution in [0.2, 0.25) is 0 Å². The topological polar surface area (TPSA) is 18.0 Å². The SMILES string of the molecule is CCCCOn1c[n+](CCCC)c(C)c1C. The smallest absolute Gasteiger partial charge is 0.284 e. The first-order valence-electron chi connectivity index (χ1n) is 6.42. The standard InChI is InChI=1S/C13H25N2O/c1-5-7-9-14-11-15(13(4)12(14)3)16-10-8-6-2/h11H,5-10H2,1-4H3/q+1. The molecular weight excluding hydrogens is 200 g/mol. The van der Waals surface area contributed by atoms with Crippen LogP contribution in [0.4, 0.5) is 0 Å². The molecule has 0 saturated carbocycles. The van der Waals surface area contributed by atoms with E-state index in [1.165, 1.54) is 30.7 Å². The summed E-state index contributed by atoms with van der Waals surface area (Å²) in [6.45, 7) is 10.6. The molecule has 0 aromatic carbocycles. The summed E-state index contributed by atoms with van der Waals surface area (Å²) in [5.41, 5.74) is 2.53. The predicted molar refractivity (Wildman–Crippen MR) is 65.4 cm³/mol. The molecule has 16 heavy (non-hydrogen) atoms. The van der Waals surface area contributed by atoms with Crippen molar-refractivity contribution in [3.8, 4) is 0 Å². The van der Waals surface area contributed by atoms with Crippen molar-refractivity contribution in [2.24, 2.45) is 0 Å². The second-order valence-electron chi connectivity index (χ2n) is 4.35. The van der Waals surface area contributed by atoms with Gasteiger partial charge in [0.05, 0.1) is 6.54 Å². The Bertz CT molecular complexity index is 318. The van der Waals surface area contributed by atoms with Gasteiger partial charge in [0.1, 0.15) is 12.3 Å². The maximum atomic E-state index is 5.71. The highest BCUT2D eigenvalue weighted by Crippen LogP contribution is 2.02. The normalized spacial score (nSPS) is 10.8. The van der Waals surface area contributed by atoms with Crippen molar-refractivity contribution >= 4 is 0 Å². The molecule has 0 N–H and O–H groups in total. The zero-order valence-electron chi connectivity index (χ0n) is 11.1. The van der Waals surface area contributed by atoms with Crippen molar-refractivity contribution in [2.75, 3.05) is 6.61 Å². The van der Waals surface area contributed by atoms with E-state index < -0.39 is 0 Å². The summed E-state index contributed by atoms with van der Waals surface area (Å²) >= 11 is 0. The van der Waals surface area contributed by atoms with Gasteiger partial charge in [-0.25, -0.2) is 4.57 Å². The lowest BCUT2D eigenvalue weighted by Crippen LogP contribution is -2.34. The molecule has 0 aliphatic heterocycles. The Morgan fingerprint density at radius 3 is 2.50 bits per heavy atom. The van der Waals surface area contributed by atoms with E-state index in [1.54, 1.807) is 0 Å². The number of hydrogen-bond donors (Lipinski definition) is 0. The van der Waals surface area contributed by atoms with Gasteiger partial charge in [0, 0.05) is 13.8 Å². The molecule has 0 saturated heterocycles. The molecule has 0 aliphatic carbocycles. The fraction of sp³-hybridized carbons (Fsp3) is 0.769. The predicted octanol–water partition coefficient (Wildman–Crippen LogP) is 2.42. The number of rotatable bonds is 7. The van der Waals surface area contributed by atoms with Gasteiger partial charge >= 0.3 is 0 Å². The van der Waals surface area contributed by atoms with E-state index >= 15 is 0 Å². The van der Waals surface area contributed by atoms with Gasteiger partial charge in [-0.2, -0.15) is 0 Å². The van der Waals surface area contributed by atoms with Gasteiger partial charge in [0.2, 0.25) is 0 Å². The Balaban J connectivity index is 2.63. The zero-order valence-corrected chi connectivity index (χ0v) is 11.1. The van der Waals surface area contributed by atoms with Crippen LogP contribution in [-0.2, 0) is 6.54 Å². The number of nitrogens with zero attached hydrogens (tertiary/aromatic N) is 2. The third-order valence-electron chi connectivity index (χ3n) is 3.01. The summed E-state index contributed by atoms with van der Waals surface area (Å²) < 4.78 is 4.20. The lowest BCUT2D eigenvalue weighted by molar-refractivity contribution is -0.703. The molecule has 1 heterocycles. The first kappa shape index (κ1) is 13.1. The molecule has 1 aromatic heterocycles. The van der Waals surface area contributed by atoms with Crippen LogP contribution in [0, 0.1) is 13.8 Å². The van der Waals surface area contributed by atoms with Crippen LogP contribution in [0.25, 0.3) is 0 Å². The Labute approximate surface area is 99.0 Å². The average Bonchev–Trinajstić information content (AvgIpc) is 2.55. The maximum Gasteiger partial charge on any atom is 0.284 e. The first-order valence-corrected chi connectivity index (χ1v) is 6.42. The van der Waals surface area contributed by atoms with Crippen LogP contribution in [0.15, 0.2) is 6.33 Å². The number of aryl methyl sites for hydroxylation is 1. The van der Waals surface area contributed by atoms with E-state index in [4.69, 9.17) is 4.84 Å². The highest BCUT2D eigenvalue weighted by atomic mass is 16.7. The lowest BCUT2D eigenvalue weighted by atomic mass is 10.3. The number of imidazole rings is 1. The van der Waals surface area contributed by atoms with E-state index in [1.807, 2.05) is 4.73 Å². The Kier molecular flexibility index (Phi) is 5.36. The molecule has 0 unspecified atom stereocenters. The van der Waals surface area contributed by atoms with Crippen LogP contribution in [0.3, 0.4) is 0 Å². The highest BCUT2D eigenvalue weighted by Gasteiger charge is 2.16. The van der Waals surface area contributed by atoms with Crippen molar-refractivity contribution < 1.29 is 9.40 Å². The molecule has 92 valence electrons. The van der Waals surface area contributed by atoms with Crippen molar-refractivity contribution in [1.29, 1.82) is 0 Å². The van der Waals surface area contributed by atoms with Gasteiger partial charge in [-0.15, -0.1) is 0 Å². The van der Waals surface area contributed by atoms with Crippen molar-refractivity contribution in [3.05, 3.63) is 17.7 Å². The lowest BCUT2D eigenvalue weighted by Gasteiger charge is -1.99. The molecular formula is C13H25N2O+. The molecule has 3 heteroatoms. The second kappa shape index (κ2) is 6.56. The molecule has 0 aliphatic rings. The van der Waals surface area contributed by atoms with E-state index in [-0.39, 0.29) is 0 Å². The summed E-state index contributed by atoms with van der Waals surface area (Å²) in [6, 6.07) is 0. The monoisotopic (exact) mass is 225 g/mol. The van der Waals surface area contributed by atoms with Crippen LogP contribution in [0.5, 0.6) is 0 Å². The summed E-state index contributed by atoms with van der Waals surface area (Å²) in [5.74, 6) is 0. The first-order chi connectivity index (χ1) is 7.70. The molecule has 3 nitrogen and oxygen atoms in total. The third kappa shape index (κ3) is 3.26. The quantitative estimate of drug-likeness (QED) is 0.515. The highest BCUT2D eigenvalue weighted by molar-refractivity contribution is 5.00. The van der Waals surface area contributed by atoms with Crippen LogP contribution < -0.4 is 9.40 Å². The maximum absolute atomic E-state index is 5.71. The fourth-order valence-corrected chi connectivity index (χ4v) is 1.66. The molecule has 1 aromatic rings. The molecule has 1 rings (SSSR count). The summed E-state index contributed by atoms with van der Waals surface area (Å²) in [6.07, 6.45) is 6.83. The summed E-state index contributed by atoms with van der Waals surface area (Å²) in [7, 11) is 0. The Morgan fingerprint density at radius 2 is 1.88 bits per heavy atom. The van der Waals surface area contributed by atoms with Gasteiger partial charge in [0.15, 0.2) is 5.69 Å². The second-order valence-corrected chi connectivity index (χ2v) is 4.35. The van der Waals surface area contributed by atoms with E-state index in [0.717, 1.165) is 19.6 Å². The van der Waals surface area contributed by atoms with Gasteiger partial charge in [-0.3, -0.25) is 0 Å². The molecule has 0 radical (unpaired) electrons. The Hall–Kier alpha value is -0.990. The number of aromatic nitrogens is 2. The number of hydrogen-bond acceptors (Lipinski definition) is 1. The van der Waals surface area contributed by atoms with Gasteiger partial charge in [-0.1, -0.05) is 26.7 Å². The van der Waals surface area contributed by atoms with E-state index in [9.17, 15) is 0 Å². The number of unbranched alkanes of at least 4 members (excludes halogenated alkanes) is 2. The van der Waals surface area contributed by atoms with E-state index in [2.05, 4.69) is 38.6 Å². The summed E-state index contributed by atoms with van der Waals surface area (Å²) in [5, 5.41) is 0. The van der Waals surface area contributed by atoms with Crippen LogP contribution >= 0.6 is 0 Å². The average molecular weight is 225 g/mol. The molecule has 0 amide bonds. The van der Waals surface area contributed by atoms with Crippen molar-refractivity contribution in [1.82, 2.24) is 4.73 Å². The van der Waals surface area contributed by atoms with Crippen LogP contribution in [-0.4, -0.2) is 11.3 Å². The van der Waals surface area contributed by atoms with E-state index in [0.29, 0.717) is 0 Å². The minimum atomic E-state index is 0.805. The van der Waals surface area contributed by atoms with Gasteiger partial charge in [0.25, 0.3) is 6.33 Å². The Morgan fingerprint density at radius 1 is 1.19 bits per heavy atom. The minimum absolute atomic E-state index is 0.805. The fourth-order valence-electron chi connectivity index (χ4n) is 1.66. The molecule has 0 bridgehead atoms. The molecule has 0 spiro atoms. The van der Waals surface area contributed by atoms with Crippen molar-refractivity contribution in [3.63, 3.8) is 0 Å². The van der Waals surface area contributed by atoms with Gasteiger partial charge in [-0.05, 0) is 17.6 Å².